The third-order valence-corrected chi connectivity index (χ3v) is 27.2. The summed E-state index contributed by atoms with van der Waals surface area (Å²) in [6.07, 6.45) is 27.8. The van der Waals surface area contributed by atoms with Gasteiger partial charge in [0.2, 0.25) is 0 Å². The minimum Gasteiger partial charge on any atom is -0.469 e. The van der Waals surface area contributed by atoms with Crippen LogP contribution in [-0.2, 0) is 39.8 Å². The standard InChI is InChI=1S/C63H78N2O11/c1-32-39-10-5-4-8-33(39)13-19-58(32)17-7-18-61-46(58)24-38-23-37-9-6-16-59(37)27-36-26-56(2)52(41-15-21-72-45(41)25-42(44(67)29-66)34-11-12-40-35(22-34)14-20-65-31-64-28-43(40)65)74-55(71)53-63(56,75-53)57(3)48(36)60(49(61)47(68)51(57)69)30-73-54(70)50(59)62(38,60)76-61/h7,13-15,17,19-21,24,32-37,39-40,42-44,46,48-53,64,66-67,69H,4-6,8-12,16,18,22-23,25-31H2,1-3H3. The summed E-state index contributed by atoms with van der Waals surface area (Å²) in [5.74, 6) is -0.161. The van der Waals surface area contributed by atoms with Gasteiger partial charge in [0.15, 0.2) is 11.9 Å². The molecule has 13 heteroatoms. The number of carbonyl (C=O) groups excluding carboxylic acids is 3. The van der Waals surface area contributed by atoms with Crippen LogP contribution in [0, 0.1) is 104 Å². The number of hydrogen-bond donors (Lipinski definition) is 4. The smallest absolute Gasteiger partial charge is 0.339 e. The van der Waals surface area contributed by atoms with Crippen LogP contribution in [0.25, 0.3) is 0 Å². The van der Waals surface area contributed by atoms with Gasteiger partial charge in [-0.2, -0.15) is 0 Å². The summed E-state index contributed by atoms with van der Waals surface area (Å²) in [4.78, 5) is 49.6. The Morgan fingerprint density at radius 2 is 1.82 bits per heavy atom. The largest absolute Gasteiger partial charge is 0.469 e. The number of carbonyl (C=O) groups is 3. The van der Waals surface area contributed by atoms with Crippen molar-refractivity contribution in [2.24, 2.45) is 104 Å². The fraction of sp³-hybridized carbons (Fsp3) is 0.762. The maximum absolute atomic E-state index is 16.7. The van der Waals surface area contributed by atoms with Crippen molar-refractivity contribution in [2.75, 3.05) is 26.4 Å². The number of ether oxygens (including phenoxy) is 4. The molecular weight excluding hydrogens is 961 g/mol. The number of epoxide rings is 1. The van der Waals surface area contributed by atoms with E-state index in [-0.39, 0.29) is 54.6 Å². The SMILES string of the molecule is CC1C2CCCCC2C=CC12C=CCC13OC45C(=CC21)CC1CCCC12CC1CC6(C)C(c7ccoc7CC(C(O)CO)C7CCC8C(C=CN9CNCC89)C7)OC(=O)C7OC76C6(C)C(O)C(=O)C3C4(COC(=O)C25)C16. The van der Waals surface area contributed by atoms with E-state index in [1.165, 1.54) is 31.3 Å². The minimum absolute atomic E-state index is 0.0295. The van der Waals surface area contributed by atoms with Crippen LogP contribution in [0.3, 0.4) is 0 Å². The maximum atomic E-state index is 16.7. The van der Waals surface area contributed by atoms with Crippen molar-refractivity contribution in [3.05, 3.63) is 71.9 Å². The Labute approximate surface area is 446 Å². The molecular formula is C63H78N2O11. The third-order valence-electron chi connectivity index (χ3n) is 27.2. The van der Waals surface area contributed by atoms with E-state index in [1.54, 1.807) is 6.26 Å². The molecule has 1 aromatic heterocycles. The first-order valence-corrected chi connectivity index (χ1v) is 30.2. The Morgan fingerprint density at radius 3 is 2.68 bits per heavy atom. The number of nitrogens with zero attached hydrogens (tertiary/aromatic N) is 1. The van der Waals surface area contributed by atoms with Crippen LogP contribution < -0.4 is 5.32 Å². The first kappa shape index (κ1) is 47.2. The fourth-order valence-electron chi connectivity index (χ4n) is 24.8. The molecule has 9 aliphatic carbocycles. The van der Waals surface area contributed by atoms with E-state index >= 15 is 9.59 Å². The summed E-state index contributed by atoms with van der Waals surface area (Å²) in [6.45, 7) is 8.21. The number of aliphatic hydroxyl groups is 3. The van der Waals surface area contributed by atoms with Gasteiger partial charge in [0.1, 0.15) is 35.8 Å². The van der Waals surface area contributed by atoms with Crippen molar-refractivity contribution in [3.63, 3.8) is 0 Å². The van der Waals surface area contributed by atoms with Gasteiger partial charge < -0.3 is 43.6 Å². The molecule has 7 saturated carbocycles. The van der Waals surface area contributed by atoms with Gasteiger partial charge >= 0.3 is 11.9 Å². The Bertz CT molecular complexity index is 2870. The van der Waals surface area contributed by atoms with Crippen molar-refractivity contribution in [1.82, 2.24) is 10.2 Å². The molecule has 0 aromatic carbocycles. The Balaban J connectivity index is 0.810. The molecule has 12 fully saturated rings. The van der Waals surface area contributed by atoms with E-state index in [4.69, 9.17) is 23.4 Å². The number of rotatable bonds is 6. The number of furan rings is 1. The van der Waals surface area contributed by atoms with Crippen LogP contribution in [0.2, 0.25) is 0 Å². The van der Waals surface area contributed by atoms with Gasteiger partial charge in [-0.1, -0.05) is 76.5 Å². The molecule has 1 aromatic rings. The molecule has 16 aliphatic rings. The van der Waals surface area contributed by atoms with E-state index < -0.39 is 92.0 Å². The molecule has 0 radical (unpaired) electrons. The molecule has 26 unspecified atom stereocenters. The summed E-state index contributed by atoms with van der Waals surface area (Å²) < 4.78 is 35.6. The predicted octanol–water partition coefficient (Wildman–Crippen LogP) is 7.30. The lowest BCUT2D eigenvalue weighted by atomic mass is 9.32. The molecule has 406 valence electrons. The normalized spacial score (nSPS) is 56.4. The second-order valence-electron chi connectivity index (χ2n) is 28.9. The van der Waals surface area contributed by atoms with Crippen LogP contribution >= 0.6 is 0 Å². The van der Waals surface area contributed by atoms with Gasteiger partial charge in [-0.25, -0.2) is 4.79 Å². The second-order valence-corrected chi connectivity index (χ2v) is 28.9. The van der Waals surface area contributed by atoms with E-state index in [1.807, 2.05) is 6.07 Å². The Morgan fingerprint density at radius 1 is 0.947 bits per heavy atom. The number of allylic oxidation sites excluding steroid dienone is 4. The predicted molar refractivity (Wildman–Crippen MR) is 274 cm³/mol. The molecule has 5 bridgehead atoms. The van der Waals surface area contributed by atoms with Crippen molar-refractivity contribution >= 4 is 17.7 Å². The lowest BCUT2D eigenvalue weighted by Gasteiger charge is -2.70. The molecule has 13 nitrogen and oxygen atoms in total. The second kappa shape index (κ2) is 15.0. The highest BCUT2D eigenvalue weighted by Gasteiger charge is 2.97. The highest BCUT2D eigenvalue weighted by Crippen LogP contribution is 2.89. The zero-order valence-corrected chi connectivity index (χ0v) is 44.6. The van der Waals surface area contributed by atoms with Gasteiger partial charge in [0, 0.05) is 46.7 Å². The number of nitrogens with one attached hydrogen (secondary N) is 1. The zero-order valence-electron chi connectivity index (χ0n) is 44.6. The summed E-state index contributed by atoms with van der Waals surface area (Å²) in [6, 6.07) is 2.39. The molecule has 8 heterocycles. The van der Waals surface area contributed by atoms with Crippen molar-refractivity contribution in [3.8, 4) is 0 Å². The molecule has 5 saturated heterocycles. The molecule has 4 N–H and O–H groups in total. The molecule has 6 spiro atoms. The van der Waals surface area contributed by atoms with Crippen molar-refractivity contribution < 1.29 is 53.1 Å². The van der Waals surface area contributed by atoms with E-state index in [0.29, 0.717) is 66.2 Å². The maximum Gasteiger partial charge on any atom is 0.339 e. The molecule has 76 heavy (non-hydrogen) atoms. The molecule has 17 rings (SSSR count). The van der Waals surface area contributed by atoms with Crippen LogP contribution in [-0.4, -0.2) is 106 Å². The van der Waals surface area contributed by atoms with E-state index in [9.17, 15) is 20.1 Å². The van der Waals surface area contributed by atoms with Crippen LogP contribution in [0.1, 0.15) is 128 Å². The number of aliphatic hydroxyl groups excluding tert-OH is 3. The number of hydrogen-bond acceptors (Lipinski definition) is 13. The number of fused-ring (bicyclic) bond motifs is 5. The van der Waals surface area contributed by atoms with Gasteiger partial charge in [0.05, 0.1) is 48.5 Å². The Kier molecular flexibility index (Phi) is 9.35. The van der Waals surface area contributed by atoms with Gasteiger partial charge in [-0.3, -0.25) is 14.9 Å². The zero-order chi connectivity index (χ0) is 51.5. The van der Waals surface area contributed by atoms with Crippen molar-refractivity contribution in [2.45, 2.75) is 164 Å². The van der Waals surface area contributed by atoms with Gasteiger partial charge in [0.25, 0.3) is 0 Å². The average molecular weight is 1040 g/mol. The summed E-state index contributed by atoms with van der Waals surface area (Å²) in [5, 5.41) is 39.8. The van der Waals surface area contributed by atoms with Crippen molar-refractivity contribution in [1.29, 1.82) is 0 Å². The number of esters is 2. The quantitative estimate of drug-likeness (QED) is 0.127. The number of Topliss-reactive ketones (excluding diaryl/α,β-unsaturated/α-hetero) is 1. The highest BCUT2D eigenvalue weighted by molar-refractivity contribution is 5.94. The summed E-state index contributed by atoms with van der Waals surface area (Å²) in [7, 11) is 0. The monoisotopic (exact) mass is 1040 g/mol. The lowest BCUT2D eigenvalue weighted by molar-refractivity contribution is -0.281. The van der Waals surface area contributed by atoms with E-state index in [0.717, 1.165) is 64.6 Å². The van der Waals surface area contributed by atoms with E-state index in [2.05, 4.69) is 73.6 Å². The van der Waals surface area contributed by atoms with Crippen LogP contribution in [0.15, 0.2) is 65.0 Å². The van der Waals surface area contributed by atoms with Gasteiger partial charge in [-0.05, 0) is 153 Å². The topological polar surface area (TPSA) is 181 Å². The third kappa shape index (κ3) is 5.00. The fourth-order valence-corrected chi connectivity index (χ4v) is 24.8. The number of cyclic esters (lactones) is 2. The molecule has 0 amide bonds. The first-order chi connectivity index (χ1) is 36.7. The van der Waals surface area contributed by atoms with Crippen LogP contribution in [0.4, 0.5) is 0 Å². The lowest BCUT2D eigenvalue weighted by Crippen LogP contribution is -2.80. The summed E-state index contributed by atoms with van der Waals surface area (Å²) >= 11 is 0. The first-order valence-electron chi connectivity index (χ1n) is 30.2. The van der Waals surface area contributed by atoms with Crippen LogP contribution in [0.5, 0.6) is 0 Å². The minimum atomic E-state index is -1.51. The molecule has 7 aliphatic heterocycles. The number of ketones is 1. The highest BCUT2D eigenvalue weighted by atomic mass is 16.7. The average Bonchev–Trinajstić information content (AvgIpc) is 2.71. The van der Waals surface area contributed by atoms with Gasteiger partial charge in [-0.15, -0.1) is 0 Å². The molecule has 26 atom stereocenters. The Hall–Kier alpha value is -3.59. The summed E-state index contributed by atoms with van der Waals surface area (Å²) in [5.41, 5.74) is -5.76.